The second-order valence-corrected chi connectivity index (χ2v) is 7.76. The molecule has 4 unspecified atom stereocenters. The zero-order valence-corrected chi connectivity index (χ0v) is 13.8. The molecule has 3 nitrogen and oxygen atoms in total. The van der Waals surface area contributed by atoms with Crippen LogP contribution in [0.15, 0.2) is 0 Å². The van der Waals surface area contributed by atoms with E-state index < -0.39 is 0 Å². The molecule has 2 N–H and O–H groups in total. The molecule has 3 fully saturated rings. The Labute approximate surface area is 130 Å². The van der Waals surface area contributed by atoms with Gasteiger partial charge in [-0.2, -0.15) is 0 Å². The highest BCUT2D eigenvalue weighted by molar-refractivity contribution is 4.89. The SMILES string of the molecule is CC1CCCCC1NC1CCN(C2CCCCC2O)CC1. The van der Waals surface area contributed by atoms with E-state index in [1.807, 2.05) is 0 Å². The van der Waals surface area contributed by atoms with Crippen molar-refractivity contribution in [2.24, 2.45) is 5.92 Å². The number of aliphatic hydroxyl groups is 1. The molecule has 1 saturated heterocycles. The highest BCUT2D eigenvalue weighted by Gasteiger charge is 2.32. The number of hydrogen-bond donors (Lipinski definition) is 2. The number of piperidine rings is 1. The van der Waals surface area contributed by atoms with Gasteiger partial charge in [0.15, 0.2) is 0 Å². The summed E-state index contributed by atoms with van der Waals surface area (Å²) < 4.78 is 0. The number of aliphatic hydroxyl groups excluding tert-OH is 1. The monoisotopic (exact) mass is 294 g/mol. The zero-order valence-electron chi connectivity index (χ0n) is 13.8. The molecular formula is C18H34N2O. The molecule has 3 heteroatoms. The topological polar surface area (TPSA) is 35.5 Å². The van der Waals surface area contributed by atoms with E-state index in [1.165, 1.54) is 70.9 Å². The van der Waals surface area contributed by atoms with E-state index in [0.29, 0.717) is 12.1 Å². The van der Waals surface area contributed by atoms with Gasteiger partial charge in [0.2, 0.25) is 0 Å². The molecule has 0 aromatic rings. The molecule has 1 heterocycles. The van der Waals surface area contributed by atoms with Crippen molar-refractivity contribution in [1.29, 1.82) is 0 Å². The van der Waals surface area contributed by atoms with Gasteiger partial charge in [-0.05, 0) is 44.4 Å². The predicted molar refractivity (Wildman–Crippen MR) is 87.4 cm³/mol. The Morgan fingerprint density at radius 2 is 1.52 bits per heavy atom. The highest BCUT2D eigenvalue weighted by atomic mass is 16.3. The molecule has 4 atom stereocenters. The van der Waals surface area contributed by atoms with E-state index in [1.54, 1.807) is 0 Å². The van der Waals surface area contributed by atoms with Crippen LogP contribution in [0.3, 0.4) is 0 Å². The molecule has 122 valence electrons. The van der Waals surface area contributed by atoms with Crippen LogP contribution in [0.25, 0.3) is 0 Å². The molecule has 0 aromatic carbocycles. The maximum Gasteiger partial charge on any atom is 0.0695 e. The molecule has 0 amide bonds. The first-order chi connectivity index (χ1) is 10.2. The first kappa shape index (κ1) is 15.8. The van der Waals surface area contributed by atoms with Gasteiger partial charge >= 0.3 is 0 Å². The minimum absolute atomic E-state index is 0.0679. The Hall–Kier alpha value is -0.120. The van der Waals surface area contributed by atoms with Crippen molar-refractivity contribution < 1.29 is 5.11 Å². The molecule has 0 spiro atoms. The van der Waals surface area contributed by atoms with Crippen LogP contribution in [-0.4, -0.2) is 47.3 Å². The van der Waals surface area contributed by atoms with Gasteiger partial charge < -0.3 is 10.4 Å². The third-order valence-electron chi connectivity index (χ3n) is 6.25. The Morgan fingerprint density at radius 1 is 0.857 bits per heavy atom. The number of likely N-dealkylation sites (tertiary alicyclic amines) is 1. The normalized spacial score (nSPS) is 40.3. The van der Waals surface area contributed by atoms with Crippen LogP contribution in [0, 0.1) is 5.92 Å². The summed E-state index contributed by atoms with van der Waals surface area (Å²) in [7, 11) is 0. The van der Waals surface area contributed by atoms with Crippen molar-refractivity contribution in [2.75, 3.05) is 13.1 Å². The van der Waals surface area contributed by atoms with Crippen molar-refractivity contribution in [2.45, 2.75) is 95.4 Å². The summed E-state index contributed by atoms with van der Waals surface area (Å²) in [5.74, 6) is 0.858. The van der Waals surface area contributed by atoms with Crippen LogP contribution in [0.1, 0.15) is 71.1 Å². The van der Waals surface area contributed by atoms with Crippen LogP contribution in [0.4, 0.5) is 0 Å². The number of nitrogens with zero attached hydrogens (tertiary/aromatic N) is 1. The summed E-state index contributed by atoms with van der Waals surface area (Å²) in [6.07, 6.45) is 12.8. The van der Waals surface area contributed by atoms with E-state index >= 15 is 0 Å². The summed E-state index contributed by atoms with van der Waals surface area (Å²) >= 11 is 0. The standard InChI is InChI=1S/C18H34N2O/c1-14-6-2-3-7-16(14)19-15-10-12-20(13-11-15)17-8-4-5-9-18(17)21/h14-19,21H,2-13H2,1H3. The molecule has 0 bridgehead atoms. The first-order valence-electron chi connectivity index (χ1n) is 9.42. The molecular weight excluding hydrogens is 260 g/mol. The highest BCUT2D eigenvalue weighted by Crippen LogP contribution is 2.28. The van der Waals surface area contributed by atoms with E-state index in [2.05, 4.69) is 17.1 Å². The maximum absolute atomic E-state index is 10.2. The van der Waals surface area contributed by atoms with Gasteiger partial charge in [-0.15, -0.1) is 0 Å². The Balaban J connectivity index is 1.44. The second kappa shape index (κ2) is 7.43. The fourth-order valence-corrected chi connectivity index (χ4v) is 4.78. The quantitative estimate of drug-likeness (QED) is 0.840. The Morgan fingerprint density at radius 3 is 2.24 bits per heavy atom. The summed E-state index contributed by atoms with van der Waals surface area (Å²) in [5.41, 5.74) is 0. The molecule has 3 aliphatic rings. The lowest BCUT2D eigenvalue weighted by Gasteiger charge is -2.43. The molecule has 0 aromatic heterocycles. The van der Waals surface area contributed by atoms with Crippen LogP contribution < -0.4 is 5.32 Å². The van der Waals surface area contributed by atoms with E-state index in [4.69, 9.17) is 0 Å². The van der Waals surface area contributed by atoms with Crippen molar-refractivity contribution in [3.05, 3.63) is 0 Å². The minimum Gasteiger partial charge on any atom is -0.391 e. The summed E-state index contributed by atoms with van der Waals surface area (Å²) in [6, 6.07) is 1.93. The fourth-order valence-electron chi connectivity index (χ4n) is 4.78. The van der Waals surface area contributed by atoms with Crippen molar-refractivity contribution in [3.63, 3.8) is 0 Å². The zero-order chi connectivity index (χ0) is 14.7. The third kappa shape index (κ3) is 4.00. The molecule has 2 saturated carbocycles. The number of hydrogen-bond acceptors (Lipinski definition) is 3. The van der Waals surface area contributed by atoms with Crippen molar-refractivity contribution in [1.82, 2.24) is 10.2 Å². The molecule has 21 heavy (non-hydrogen) atoms. The number of rotatable bonds is 3. The van der Waals surface area contributed by atoms with Crippen LogP contribution in [0.5, 0.6) is 0 Å². The molecule has 1 aliphatic heterocycles. The van der Waals surface area contributed by atoms with E-state index in [0.717, 1.165) is 18.4 Å². The summed E-state index contributed by atoms with van der Waals surface area (Å²) in [6.45, 7) is 4.78. The molecule has 0 radical (unpaired) electrons. The minimum atomic E-state index is -0.0679. The summed E-state index contributed by atoms with van der Waals surface area (Å²) in [5, 5.41) is 14.2. The van der Waals surface area contributed by atoms with E-state index in [9.17, 15) is 5.11 Å². The third-order valence-corrected chi connectivity index (χ3v) is 6.25. The van der Waals surface area contributed by atoms with Gasteiger partial charge in [-0.3, -0.25) is 4.90 Å². The smallest absolute Gasteiger partial charge is 0.0695 e. The molecule has 2 aliphatic carbocycles. The molecule has 3 rings (SSSR count). The predicted octanol–water partition coefficient (Wildman–Crippen LogP) is 2.92. The van der Waals surface area contributed by atoms with Gasteiger partial charge in [0.1, 0.15) is 0 Å². The van der Waals surface area contributed by atoms with Gasteiger partial charge in [-0.1, -0.05) is 32.6 Å². The average Bonchev–Trinajstić information content (AvgIpc) is 2.51. The lowest BCUT2D eigenvalue weighted by Crippen LogP contribution is -2.53. The van der Waals surface area contributed by atoms with Crippen LogP contribution in [0.2, 0.25) is 0 Å². The first-order valence-corrected chi connectivity index (χ1v) is 9.42. The largest absolute Gasteiger partial charge is 0.391 e. The average molecular weight is 294 g/mol. The van der Waals surface area contributed by atoms with Crippen LogP contribution >= 0.6 is 0 Å². The van der Waals surface area contributed by atoms with E-state index in [-0.39, 0.29) is 6.10 Å². The number of nitrogens with one attached hydrogen (secondary N) is 1. The lowest BCUT2D eigenvalue weighted by atomic mass is 9.84. The van der Waals surface area contributed by atoms with Gasteiger partial charge in [0.05, 0.1) is 6.10 Å². The van der Waals surface area contributed by atoms with Gasteiger partial charge in [-0.25, -0.2) is 0 Å². The fraction of sp³-hybridized carbons (Fsp3) is 1.00. The Bertz CT molecular complexity index is 314. The summed E-state index contributed by atoms with van der Waals surface area (Å²) in [4.78, 5) is 2.58. The Kier molecular flexibility index (Phi) is 5.58. The maximum atomic E-state index is 10.2. The second-order valence-electron chi connectivity index (χ2n) is 7.76. The lowest BCUT2D eigenvalue weighted by molar-refractivity contribution is 0.00589. The van der Waals surface area contributed by atoms with Crippen molar-refractivity contribution in [3.8, 4) is 0 Å². The van der Waals surface area contributed by atoms with Crippen LogP contribution in [-0.2, 0) is 0 Å². The van der Waals surface area contributed by atoms with Crippen molar-refractivity contribution >= 4 is 0 Å². The van der Waals surface area contributed by atoms with Gasteiger partial charge in [0, 0.05) is 31.2 Å². The van der Waals surface area contributed by atoms with Gasteiger partial charge in [0.25, 0.3) is 0 Å².